The van der Waals surface area contributed by atoms with Crippen LogP contribution in [-0.4, -0.2) is 34.7 Å². The maximum atomic E-state index is 12.4. The Bertz CT molecular complexity index is 920. The summed E-state index contributed by atoms with van der Waals surface area (Å²) in [5, 5.41) is 10.0. The van der Waals surface area contributed by atoms with Gasteiger partial charge in [0.15, 0.2) is 5.76 Å². The first-order chi connectivity index (χ1) is 13.1. The van der Waals surface area contributed by atoms with E-state index < -0.39 is 0 Å². The molecule has 0 atom stereocenters. The van der Waals surface area contributed by atoms with Crippen LogP contribution in [0.4, 0.5) is 0 Å². The van der Waals surface area contributed by atoms with E-state index in [9.17, 15) is 9.59 Å². The van der Waals surface area contributed by atoms with Gasteiger partial charge in [-0.15, -0.1) is 0 Å². The average Bonchev–Trinajstić information content (AvgIpc) is 3.28. The normalized spacial score (nSPS) is 10.6. The number of aryl methyl sites for hydroxylation is 1. The number of hydrogen-bond acceptors (Lipinski definition) is 4. The standard InChI is InChI=1S/C19H19ClN4O3/c1-13-16(17(20)24(23-13)12-14-6-3-2-4-7-14)19(26)22-10-9-21-18(25)15-8-5-11-27-15/h2-8,11H,9-10,12H2,1H3,(H,21,25)(H,22,26). The van der Waals surface area contributed by atoms with Gasteiger partial charge in [0.05, 0.1) is 24.1 Å². The number of halogens is 1. The lowest BCUT2D eigenvalue weighted by Crippen LogP contribution is -2.34. The molecule has 0 aliphatic heterocycles. The molecule has 0 radical (unpaired) electrons. The zero-order valence-corrected chi connectivity index (χ0v) is 15.5. The van der Waals surface area contributed by atoms with Gasteiger partial charge in [-0.2, -0.15) is 5.10 Å². The molecule has 2 heterocycles. The van der Waals surface area contributed by atoms with Crippen LogP contribution in [0, 0.1) is 6.92 Å². The van der Waals surface area contributed by atoms with E-state index in [1.54, 1.807) is 23.7 Å². The van der Waals surface area contributed by atoms with Crippen molar-refractivity contribution in [3.05, 3.63) is 76.5 Å². The first-order valence-corrected chi connectivity index (χ1v) is 8.81. The molecule has 0 unspecified atom stereocenters. The van der Waals surface area contributed by atoms with Crippen molar-refractivity contribution in [2.24, 2.45) is 0 Å². The summed E-state index contributed by atoms with van der Waals surface area (Å²) in [7, 11) is 0. The molecule has 7 nitrogen and oxygen atoms in total. The fourth-order valence-electron chi connectivity index (χ4n) is 2.61. The Hall–Kier alpha value is -3.06. The molecule has 0 saturated carbocycles. The van der Waals surface area contributed by atoms with Crippen molar-refractivity contribution in [3.63, 3.8) is 0 Å². The molecule has 27 heavy (non-hydrogen) atoms. The SMILES string of the molecule is Cc1nn(Cc2ccccc2)c(Cl)c1C(=O)NCCNC(=O)c1ccco1. The topological polar surface area (TPSA) is 89.2 Å². The zero-order chi connectivity index (χ0) is 19.2. The Morgan fingerprint density at radius 2 is 1.78 bits per heavy atom. The van der Waals surface area contributed by atoms with Gasteiger partial charge in [0.1, 0.15) is 5.15 Å². The number of carbonyl (C=O) groups is 2. The van der Waals surface area contributed by atoms with Crippen molar-refractivity contribution in [3.8, 4) is 0 Å². The molecule has 3 rings (SSSR count). The van der Waals surface area contributed by atoms with Gasteiger partial charge in [0.25, 0.3) is 11.8 Å². The Kier molecular flexibility index (Phi) is 5.93. The molecule has 140 valence electrons. The summed E-state index contributed by atoms with van der Waals surface area (Å²) in [6.45, 7) is 2.74. The summed E-state index contributed by atoms with van der Waals surface area (Å²) < 4.78 is 6.59. The number of hydrogen-bond donors (Lipinski definition) is 2. The molecule has 0 bridgehead atoms. The Labute approximate surface area is 161 Å². The van der Waals surface area contributed by atoms with E-state index in [-0.39, 0.29) is 35.8 Å². The number of furan rings is 1. The molecular formula is C19H19ClN4O3. The van der Waals surface area contributed by atoms with Crippen molar-refractivity contribution in [2.45, 2.75) is 13.5 Å². The molecule has 0 saturated heterocycles. The smallest absolute Gasteiger partial charge is 0.287 e. The van der Waals surface area contributed by atoms with Crippen LogP contribution in [0.15, 0.2) is 53.1 Å². The molecule has 2 N–H and O–H groups in total. The van der Waals surface area contributed by atoms with E-state index in [4.69, 9.17) is 16.0 Å². The maximum Gasteiger partial charge on any atom is 0.287 e. The van der Waals surface area contributed by atoms with Gasteiger partial charge in [-0.3, -0.25) is 9.59 Å². The Morgan fingerprint density at radius 1 is 1.07 bits per heavy atom. The molecular weight excluding hydrogens is 368 g/mol. The lowest BCUT2D eigenvalue weighted by atomic mass is 10.2. The van der Waals surface area contributed by atoms with Crippen molar-refractivity contribution in [1.29, 1.82) is 0 Å². The molecule has 0 fully saturated rings. The summed E-state index contributed by atoms with van der Waals surface area (Å²) >= 11 is 6.36. The minimum absolute atomic E-state index is 0.224. The van der Waals surface area contributed by atoms with Crippen LogP contribution in [0.2, 0.25) is 5.15 Å². The number of carbonyl (C=O) groups excluding carboxylic acids is 2. The third kappa shape index (κ3) is 4.57. The van der Waals surface area contributed by atoms with Crippen LogP contribution in [-0.2, 0) is 6.54 Å². The monoisotopic (exact) mass is 386 g/mol. The highest BCUT2D eigenvalue weighted by atomic mass is 35.5. The van der Waals surface area contributed by atoms with Gasteiger partial charge < -0.3 is 15.1 Å². The number of rotatable bonds is 7. The average molecular weight is 387 g/mol. The molecule has 0 aliphatic rings. The second kappa shape index (κ2) is 8.55. The van der Waals surface area contributed by atoms with E-state index in [1.165, 1.54) is 6.26 Å². The second-order valence-electron chi connectivity index (χ2n) is 5.88. The number of benzene rings is 1. The minimum Gasteiger partial charge on any atom is -0.459 e. The maximum absolute atomic E-state index is 12.4. The molecule has 0 spiro atoms. The van der Waals surface area contributed by atoms with E-state index in [0.717, 1.165) is 5.56 Å². The van der Waals surface area contributed by atoms with Crippen molar-refractivity contribution >= 4 is 23.4 Å². The molecule has 0 aliphatic carbocycles. The summed E-state index contributed by atoms with van der Waals surface area (Å²) in [4.78, 5) is 24.2. The first-order valence-electron chi connectivity index (χ1n) is 8.43. The zero-order valence-electron chi connectivity index (χ0n) is 14.7. The molecule has 8 heteroatoms. The van der Waals surface area contributed by atoms with Crippen molar-refractivity contribution in [2.75, 3.05) is 13.1 Å². The minimum atomic E-state index is -0.334. The number of nitrogens with zero attached hydrogens (tertiary/aromatic N) is 2. The number of amides is 2. The highest BCUT2D eigenvalue weighted by molar-refractivity contribution is 6.33. The van der Waals surface area contributed by atoms with Crippen LogP contribution < -0.4 is 10.6 Å². The van der Waals surface area contributed by atoms with Crippen molar-refractivity contribution in [1.82, 2.24) is 20.4 Å². The van der Waals surface area contributed by atoms with Crippen LogP contribution >= 0.6 is 11.6 Å². The third-order valence-electron chi connectivity index (χ3n) is 3.91. The third-order valence-corrected chi connectivity index (χ3v) is 4.29. The summed E-state index contributed by atoms with van der Waals surface area (Å²) in [6, 6.07) is 12.9. The molecule has 2 amide bonds. The Morgan fingerprint density at radius 3 is 2.44 bits per heavy atom. The van der Waals surface area contributed by atoms with Gasteiger partial charge in [-0.05, 0) is 24.6 Å². The van der Waals surface area contributed by atoms with Gasteiger partial charge in [-0.25, -0.2) is 4.68 Å². The Balaban J connectivity index is 1.56. The van der Waals surface area contributed by atoms with Gasteiger partial charge in [0, 0.05) is 13.1 Å². The lowest BCUT2D eigenvalue weighted by Gasteiger charge is -2.07. The predicted molar refractivity (Wildman–Crippen MR) is 101 cm³/mol. The highest BCUT2D eigenvalue weighted by Crippen LogP contribution is 2.20. The first kappa shape index (κ1) is 18.7. The fourth-order valence-corrected chi connectivity index (χ4v) is 2.93. The van der Waals surface area contributed by atoms with Crippen LogP contribution in [0.25, 0.3) is 0 Å². The van der Waals surface area contributed by atoms with E-state index >= 15 is 0 Å². The fraction of sp³-hybridized carbons (Fsp3) is 0.211. The predicted octanol–water partition coefficient (Wildman–Crippen LogP) is 2.65. The number of aromatic nitrogens is 2. The molecule has 2 aromatic heterocycles. The largest absolute Gasteiger partial charge is 0.459 e. The number of nitrogens with one attached hydrogen (secondary N) is 2. The summed E-state index contributed by atoms with van der Waals surface area (Å²) in [5.74, 6) is -0.439. The lowest BCUT2D eigenvalue weighted by molar-refractivity contribution is 0.0910. The van der Waals surface area contributed by atoms with Crippen LogP contribution in [0.5, 0.6) is 0 Å². The quantitative estimate of drug-likeness (QED) is 0.611. The van der Waals surface area contributed by atoms with Crippen molar-refractivity contribution < 1.29 is 14.0 Å². The van der Waals surface area contributed by atoms with Gasteiger partial charge in [0.2, 0.25) is 0 Å². The van der Waals surface area contributed by atoms with Gasteiger partial charge in [-0.1, -0.05) is 41.9 Å². The van der Waals surface area contributed by atoms with E-state index in [2.05, 4.69) is 15.7 Å². The summed E-state index contributed by atoms with van der Waals surface area (Å²) in [5.41, 5.74) is 1.92. The molecule has 3 aromatic rings. The van der Waals surface area contributed by atoms with E-state index in [0.29, 0.717) is 17.8 Å². The van der Waals surface area contributed by atoms with Crippen LogP contribution in [0.3, 0.4) is 0 Å². The van der Waals surface area contributed by atoms with E-state index in [1.807, 2.05) is 30.3 Å². The highest BCUT2D eigenvalue weighted by Gasteiger charge is 2.20. The van der Waals surface area contributed by atoms with Gasteiger partial charge >= 0.3 is 0 Å². The second-order valence-corrected chi connectivity index (χ2v) is 6.24. The molecule has 1 aromatic carbocycles. The summed E-state index contributed by atoms with van der Waals surface area (Å²) in [6.07, 6.45) is 1.43. The van der Waals surface area contributed by atoms with Crippen LogP contribution in [0.1, 0.15) is 32.2 Å².